The van der Waals surface area contributed by atoms with Crippen molar-refractivity contribution in [1.82, 2.24) is 0 Å². The Morgan fingerprint density at radius 1 is 1.50 bits per heavy atom. The SMILES string of the molecule is COC(=O)CCCc1cc(O)cc2c1CC(N)C2. The third-order valence-corrected chi connectivity index (χ3v) is 3.42. The zero-order chi connectivity index (χ0) is 13.1. The van der Waals surface area contributed by atoms with E-state index in [0.29, 0.717) is 6.42 Å². The average Bonchev–Trinajstić information content (AvgIpc) is 2.69. The summed E-state index contributed by atoms with van der Waals surface area (Å²) in [6.07, 6.45) is 3.61. The molecule has 0 saturated carbocycles. The number of esters is 1. The molecule has 0 fully saturated rings. The van der Waals surface area contributed by atoms with Crippen LogP contribution in [0.5, 0.6) is 5.75 Å². The molecular weight excluding hydrogens is 230 g/mol. The number of phenolic OH excluding ortho intramolecular Hbond substituents is 1. The lowest BCUT2D eigenvalue weighted by Crippen LogP contribution is -2.19. The van der Waals surface area contributed by atoms with Gasteiger partial charge >= 0.3 is 5.97 Å². The second kappa shape index (κ2) is 5.40. The van der Waals surface area contributed by atoms with Gasteiger partial charge in [0.05, 0.1) is 7.11 Å². The number of nitrogens with two attached hydrogens (primary N) is 1. The highest BCUT2D eigenvalue weighted by Gasteiger charge is 2.21. The molecular formula is C14H19NO3. The third-order valence-electron chi connectivity index (χ3n) is 3.42. The van der Waals surface area contributed by atoms with Crippen LogP contribution in [0.1, 0.15) is 29.5 Å². The van der Waals surface area contributed by atoms with Gasteiger partial charge in [0, 0.05) is 12.5 Å². The van der Waals surface area contributed by atoms with Gasteiger partial charge in [-0.1, -0.05) is 0 Å². The molecule has 0 heterocycles. The molecule has 0 saturated heterocycles. The first-order valence-electron chi connectivity index (χ1n) is 6.26. The van der Waals surface area contributed by atoms with Crippen LogP contribution in [0.3, 0.4) is 0 Å². The van der Waals surface area contributed by atoms with E-state index in [0.717, 1.165) is 36.8 Å². The van der Waals surface area contributed by atoms with Crippen molar-refractivity contribution >= 4 is 5.97 Å². The minimum atomic E-state index is -0.191. The molecule has 1 aliphatic rings. The van der Waals surface area contributed by atoms with Crippen LogP contribution < -0.4 is 5.73 Å². The van der Waals surface area contributed by atoms with Crippen molar-refractivity contribution in [2.24, 2.45) is 5.73 Å². The molecule has 1 atom stereocenters. The maximum atomic E-state index is 11.1. The fourth-order valence-corrected chi connectivity index (χ4v) is 2.59. The molecule has 1 aromatic rings. The predicted octanol–water partition coefficient (Wildman–Crippen LogP) is 1.31. The predicted molar refractivity (Wildman–Crippen MR) is 68.4 cm³/mol. The first-order chi connectivity index (χ1) is 8.60. The number of ether oxygens (including phenoxy) is 1. The van der Waals surface area contributed by atoms with E-state index in [1.54, 1.807) is 12.1 Å². The molecule has 1 unspecified atom stereocenters. The van der Waals surface area contributed by atoms with E-state index in [1.807, 2.05) is 0 Å². The highest BCUT2D eigenvalue weighted by molar-refractivity contribution is 5.69. The number of hydrogen-bond acceptors (Lipinski definition) is 4. The molecule has 98 valence electrons. The summed E-state index contributed by atoms with van der Waals surface area (Å²) >= 11 is 0. The summed E-state index contributed by atoms with van der Waals surface area (Å²) in [5, 5.41) is 9.69. The van der Waals surface area contributed by atoms with E-state index in [2.05, 4.69) is 4.74 Å². The highest BCUT2D eigenvalue weighted by atomic mass is 16.5. The largest absolute Gasteiger partial charge is 0.508 e. The van der Waals surface area contributed by atoms with Crippen LogP contribution in [0.25, 0.3) is 0 Å². The number of aromatic hydroxyl groups is 1. The van der Waals surface area contributed by atoms with Crippen molar-refractivity contribution in [2.45, 2.75) is 38.1 Å². The van der Waals surface area contributed by atoms with E-state index >= 15 is 0 Å². The number of benzene rings is 1. The van der Waals surface area contributed by atoms with Gasteiger partial charge in [0.2, 0.25) is 0 Å². The van der Waals surface area contributed by atoms with Gasteiger partial charge in [-0.3, -0.25) is 4.79 Å². The van der Waals surface area contributed by atoms with Gasteiger partial charge in [-0.05, 0) is 54.5 Å². The van der Waals surface area contributed by atoms with Crippen LogP contribution in [0.4, 0.5) is 0 Å². The zero-order valence-corrected chi connectivity index (χ0v) is 10.6. The van der Waals surface area contributed by atoms with Crippen molar-refractivity contribution in [3.05, 3.63) is 28.8 Å². The topological polar surface area (TPSA) is 72.5 Å². The fourth-order valence-electron chi connectivity index (χ4n) is 2.59. The Labute approximate surface area is 107 Å². The van der Waals surface area contributed by atoms with Gasteiger partial charge in [0.25, 0.3) is 0 Å². The first-order valence-corrected chi connectivity index (χ1v) is 6.26. The fraction of sp³-hybridized carbons (Fsp3) is 0.500. The van der Waals surface area contributed by atoms with Crippen LogP contribution in [0.15, 0.2) is 12.1 Å². The van der Waals surface area contributed by atoms with Gasteiger partial charge in [0.15, 0.2) is 0 Å². The van der Waals surface area contributed by atoms with E-state index in [4.69, 9.17) is 5.73 Å². The average molecular weight is 249 g/mol. The Morgan fingerprint density at radius 2 is 2.28 bits per heavy atom. The normalized spacial score (nSPS) is 17.6. The van der Waals surface area contributed by atoms with E-state index < -0.39 is 0 Å². The Bertz CT molecular complexity index is 457. The molecule has 0 spiro atoms. The molecule has 18 heavy (non-hydrogen) atoms. The van der Waals surface area contributed by atoms with Crippen LogP contribution in [-0.4, -0.2) is 24.2 Å². The van der Waals surface area contributed by atoms with Crippen molar-refractivity contribution < 1.29 is 14.6 Å². The van der Waals surface area contributed by atoms with Crippen LogP contribution in [-0.2, 0) is 28.8 Å². The van der Waals surface area contributed by atoms with Gasteiger partial charge in [0.1, 0.15) is 5.75 Å². The molecule has 4 heteroatoms. The van der Waals surface area contributed by atoms with E-state index in [-0.39, 0.29) is 17.8 Å². The summed E-state index contributed by atoms with van der Waals surface area (Å²) in [6.45, 7) is 0. The molecule has 0 aromatic heterocycles. The summed E-state index contributed by atoms with van der Waals surface area (Å²) in [5.74, 6) is 0.0967. The molecule has 0 aliphatic heterocycles. The van der Waals surface area contributed by atoms with Crippen molar-refractivity contribution in [1.29, 1.82) is 0 Å². The Balaban J connectivity index is 2.07. The Morgan fingerprint density at radius 3 is 3.00 bits per heavy atom. The number of fused-ring (bicyclic) bond motifs is 1. The van der Waals surface area contributed by atoms with E-state index in [9.17, 15) is 9.90 Å². The third kappa shape index (κ3) is 2.82. The molecule has 0 amide bonds. The second-order valence-electron chi connectivity index (χ2n) is 4.84. The number of aryl methyl sites for hydroxylation is 1. The van der Waals surface area contributed by atoms with Crippen LogP contribution in [0, 0.1) is 0 Å². The smallest absolute Gasteiger partial charge is 0.305 e. The number of phenols is 1. The van der Waals surface area contributed by atoms with Gasteiger partial charge < -0.3 is 15.6 Å². The molecule has 2 rings (SSSR count). The summed E-state index contributed by atoms with van der Waals surface area (Å²) in [5.41, 5.74) is 9.46. The van der Waals surface area contributed by atoms with E-state index in [1.165, 1.54) is 12.7 Å². The van der Waals surface area contributed by atoms with Crippen molar-refractivity contribution in [3.63, 3.8) is 0 Å². The number of carbonyl (C=O) groups excluding carboxylic acids is 1. The second-order valence-corrected chi connectivity index (χ2v) is 4.84. The lowest BCUT2D eigenvalue weighted by molar-refractivity contribution is -0.140. The molecule has 0 bridgehead atoms. The van der Waals surface area contributed by atoms with Gasteiger partial charge in [-0.25, -0.2) is 0 Å². The summed E-state index contributed by atoms with van der Waals surface area (Å²) in [4.78, 5) is 11.1. The van der Waals surface area contributed by atoms with Gasteiger partial charge in [-0.15, -0.1) is 0 Å². The van der Waals surface area contributed by atoms with Crippen molar-refractivity contribution in [2.75, 3.05) is 7.11 Å². The summed E-state index contributed by atoms with van der Waals surface area (Å²) < 4.78 is 4.61. The number of methoxy groups -OCH3 is 1. The molecule has 0 radical (unpaired) electrons. The maximum absolute atomic E-state index is 11.1. The molecule has 1 aliphatic carbocycles. The van der Waals surface area contributed by atoms with Crippen LogP contribution in [0.2, 0.25) is 0 Å². The number of carbonyl (C=O) groups is 1. The minimum Gasteiger partial charge on any atom is -0.508 e. The zero-order valence-electron chi connectivity index (χ0n) is 10.6. The maximum Gasteiger partial charge on any atom is 0.305 e. The first kappa shape index (κ1) is 12.9. The lowest BCUT2D eigenvalue weighted by Gasteiger charge is -2.09. The van der Waals surface area contributed by atoms with Crippen molar-refractivity contribution in [3.8, 4) is 5.75 Å². The quantitative estimate of drug-likeness (QED) is 0.789. The van der Waals surface area contributed by atoms with Gasteiger partial charge in [-0.2, -0.15) is 0 Å². The molecule has 1 aromatic carbocycles. The lowest BCUT2D eigenvalue weighted by atomic mass is 9.98. The molecule has 3 N–H and O–H groups in total. The highest BCUT2D eigenvalue weighted by Crippen LogP contribution is 2.30. The van der Waals surface area contributed by atoms with Crippen LogP contribution >= 0.6 is 0 Å². The monoisotopic (exact) mass is 249 g/mol. The summed E-state index contributed by atoms with van der Waals surface area (Å²) in [7, 11) is 1.40. The Hall–Kier alpha value is -1.55. The summed E-state index contributed by atoms with van der Waals surface area (Å²) in [6, 6.07) is 3.74. The Kier molecular flexibility index (Phi) is 3.87. The molecule has 4 nitrogen and oxygen atoms in total. The standard InChI is InChI=1S/C14H19NO3/c1-18-14(17)4-2-3-9-6-12(16)7-10-5-11(15)8-13(9)10/h6-7,11,16H,2-5,8,15H2,1H3. The number of rotatable bonds is 4. The number of hydrogen-bond donors (Lipinski definition) is 2. The minimum absolute atomic E-state index is 0.154.